The van der Waals surface area contributed by atoms with Crippen molar-refractivity contribution in [2.75, 3.05) is 12.5 Å². The van der Waals surface area contributed by atoms with Crippen molar-refractivity contribution in [1.82, 2.24) is 9.97 Å². The third-order valence-electron chi connectivity index (χ3n) is 3.53. The highest BCUT2D eigenvalue weighted by molar-refractivity contribution is 7.91. The number of benzene rings is 1. The van der Waals surface area contributed by atoms with Gasteiger partial charge in [-0.25, -0.2) is 18.4 Å². The number of rotatable bonds is 5. The highest BCUT2D eigenvalue weighted by Gasteiger charge is 2.35. The molecule has 0 fully saturated rings. The quantitative estimate of drug-likeness (QED) is 0.754. The Labute approximate surface area is 150 Å². The number of hydrogen-bond donors (Lipinski definition) is 1. The SMILES string of the molecule is O=C(O)CCS(=O)(=O)c1nc(-c2ccc3c(c2)OCO3)cc(C(F)(F)F)n1. The van der Waals surface area contributed by atoms with E-state index in [-0.39, 0.29) is 23.8 Å². The van der Waals surface area contributed by atoms with E-state index in [9.17, 15) is 26.4 Å². The molecule has 0 spiro atoms. The maximum Gasteiger partial charge on any atom is 0.433 e. The lowest BCUT2D eigenvalue weighted by Crippen LogP contribution is -2.18. The smallest absolute Gasteiger partial charge is 0.433 e. The Morgan fingerprint density at radius 2 is 1.85 bits per heavy atom. The zero-order chi connectivity index (χ0) is 19.8. The van der Waals surface area contributed by atoms with Gasteiger partial charge in [0, 0.05) is 5.56 Å². The molecule has 1 aromatic carbocycles. The normalized spacial score (nSPS) is 13.6. The molecule has 144 valence electrons. The molecule has 27 heavy (non-hydrogen) atoms. The highest BCUT2D eigenvalue weighted by atomic mass is 32.2. The average Bonchev–Trinajstić information content (AvgIpc) is 3.06. The van der Waals surface area contributed by atoms with Gasteiger partial charge in [0.15, 0.2) is 11.5 Å². The van der Waals surface area contributed by atoms with Crippen molar-refractivity contribution in [3.05, 3.63) is 30.0 Å². The van der Waals surface area contributed by atoms with Crippen LogP contribution in [0.2, 0.25) is 0 Å². The minimum atomic E-state index is -4.93. The number of ether oxygens (including phenoxy) is 2. The van der Waals surface area contributed by atoms with Crippen molar-refractivity contribution in [3.8, 4) is 22.8 Å². The van der Waals surface area contributed by atoms with Crippen LogP contribution >= 0.6 is 0 Å². The second-order valence-electron chi connectivity index (χ2n) is 5.45. The number of carboxylic acid groups (broad SMARTS) is 1. The van der Waals surface area contributed by atoms with Crippen LogP contribution in [0.5, 0.6) is 11.5 Å². The maximum atomic E-state index is 13.2. The van der Waals surface area contributed by atoms with Crippen molar-refractivity contribution in [1.29, 1.82) is 0 Å². The van der Waals surface area contributed by atoms with Crippen LogP contribution in [0.1, 0.15) is 12.1 Å². The van der Waals surface area contributed by atoms with Crippen LogP contribution in [0.4, 0.5) is 13.2 Å². The van der Waals surface area contributed by atoms with Gasteiger partial charge in [0.1, 0.15) is 5.69 Å². The number of nitrogens with zero attached hydrogens (tertiary/aromatic N) is 2. The third kappa shape index (κ3) is 4.10. The Kier molecular flexibility index (Phi) is 4.68. The molecule has 8 nitrogen and oxygen atoms in total. The zero-order valence-corrected chi connectivity index (χ0v) is 14.2. The van der Waals surface area contributed by atoms with Gasteiger partial charge in [-0.2, -0.15) is 13.2 Å². The number of aromatic nitrogens is 2. The lowest BCUT2D eigenvalue weighted by atomic mass is 10.1. The third-order valence-corrected chi connectivity index (χ3v) is 5.01. The van der Waals surface area contributed by atoms with Crippen LogP contribution in [0, 0.1) is 0 Å². The van der Waals surface area contributed by atoms with Crippen LogP contribution < -0.4 is 9.47 Å². The second kappa shape index (κ2) is 6.68. The van der Waals surface area contributed by atoms with Crippen molar-refractivity contribution >= 4 is 15.8 Å². The summed E-state index contributed by atoms with van der Waals surface area (Å²) >= 11 is 0. The molecule has 1 aromatic heterocycles. The monoisotopic (exact) mass is 404 g/mol. The Balaban J connectivity index is 2.10. The summed E-state index contributed by atoms with van der Waals surface area (Å²) in [5.41, 5.74) is -1.61. The minimum absolute atomic E-state index is 0.0504. The van der Waals surface area contributed by atoms with E-state index in [1.165, 1.54) is 18.2 Å². The van der Waals surface area contributed by atoms with E-state index in [4.69, 9.17) is 14.6 Å². The van der Waals surface area contributed by atoms with Gasteiger partial charge in [-0.15, -0.1) is 0 Å². The first-order valence-corrected chi connectivity index (χ1v) is 9.02. The van der Waals surface area contributed by atoms with Gasteiger partial charge in [0.25, 0.3) is 0 Å². The molecule has 1 aliphatic rings. The number of fused-ring (bicyclic) bond motifs is 1. The largest absolute Gasteiger partial charge is 0.481 e. The summed E-state index contributed by atoms with van der Waals surface area (Å²) in [7, 11) is -4.44. The number of carboxylic acids is 1. The first-order valence-electron chi connectivity index (χ1n) is 7.37. The molecule has 0 radical (unpaired) electrons. The molecule has 0 amide bonds. The number of halogens is 3. The predicted molar refractivity (Wildman–Crippen MR) is 82.9 cm³/mol. The fourth-order valence-electron chi connectivity index (χ4n) is 2.23. The van der Waals surface area contributed by atoms with E-state index in [0.717, 1.165) is 0 Å². The van der Waals surface area contributed by atoms with E-state index >= 15 is 0 Å². The maximum absolute atomic E-state index is 13.2. The van der Waals surface area contributed by atoms with Gasteiger partial charge < -0.3 is 14.6 Å². The van der Waals surface area contributed by atoms with Gasteiger partial charge in [-0.3, -0.25) is 4.79 Å². The molecular formula is C15H11F3N2O6S. The fourth-order valence-corrected chi connectivity index (χ4v) is 3.33. The van der Waals surface area contributed by atoms with Gasteiger partial charge in [0.05, 0.1) is 17.9 Å². The Morgan fingerprint density at radius 3 is 2.52 bits per heavy atom. The summed E-state index contributed by atoms with van der Waals surface area (Å²) in [6, 6.07) is 4.81. The Bertz CT molecular complexity index is 1010. The molecule has 1 aliphatic heterocycles. The molecule has 2 heterocycles. The van der Waals surface area contributed by atoms with E-state index in [2.05, 4.69) is 9.97 Å². The van der Waals surface area contributed by atoms with E-state index in [1.807, 2.05) is 0 Å². The number of hydrogen-bond acceptors (Lipinski definition) is 7. The second-order valence-corrected chi connectivity index (χ2v) is 7.45. The average molecular weight is 404 g/mol. The van der Waals surface area contributed by atoms with Crippen molar-refractivity contribution in [2.24, 2.45) is 0 Å². The molecule has 12 heteroatoms. The molecule has 0 saturated heterocycles. The molecule has 0 aliphatic carbocycles. The lowest BCUT2D eigenvalue weighted by molar-refractivity contribution is -0.141. The van der Waals surface area contributed by atoms with Gasteiger partial charge in [-0.05, 0) is 24.3 Å². The van der Waals surface area contributed by atoms with Crippen LogP contribution in [0.15, 0.2) is 29.4 Å². The Hall–Kier alpha value is -2.89. The number of carbonyl (C=O) groups is 1. The summed E-state index contributed by atoms with van der Waals surface area (Å²) in [5.74, 6) is -1.68. The van der Waals surface area contributed by atoms with E-state index in [1.54, 1.807) is 0 Å². The van der Waals surface area contributed by atoms with Crippen LogP contribution in [0.25, 0.3) is 11.3 Å². The topological polar surface area (TPSA) is 116 Å². The molecule has 1 N–H and O–H groups in total. The van der Waals surface area contributed by atoms with E-state index in [0.29, 0.717) is 11.8 Å². The Morgan fingerprint density at radius 1 is 1.15 bits per heavy atom. The first kappa shape index (κ1) is 18.9. The molecular weight excluding hydrogens is 393 g/mol. The standard InChI is InChI=1S/C15H11F3N2O6S/c16-15(17,18)12-6-9(8-1-2-10-11(5-8)26-7-25-10)19-14(20-12)27(23,24)4-3-13(21)22/h1-2,5-6H,3-4,7H2,(H,21,22). The van der Waals surface area contributed by atoms with E-state index < -0.39 is 45.0 Å². The molecule has 0 atom stereocenters. The van der Waals surface area contributed by atoms with Crippen molar-refractivity contribution < 1.29 is 41.0 Å². The fraction of sp³-hybridized carbons (Fsp3) is 0.267. The highest BCUT2D eigenvalue weighted by Crippen LogP contribution is 2.37. The first-order chi connectivity index (χ1) is 12.6. The summed E-state index contributed by atoms with van der Waals surface area (Å²) in [6.07, 6.45) is -5.72. The molecule has 3 rings (SSSR count). The number of aliphatic carboxylic acids is 1. The summed E-state index contributed by atoms with van der Waals surface area (Å²) in [5, 5.41) is 7.53. The summed E-state index contributed by atoms with van der Waals surface area (Å²) in [6.45, 7) is -0.0504. The lowest BCUT2D eigenvalue weighted by Gasteiger charge is -2.11. The molecule has 0 saturated carbocycles. The molecule has 2 aromatic rings. The predicted octanol–water partition coefficient (Wildman–Crippen LogP) is 2.14. The summed E-state index contributed by atoms with van der Waals surface area (Å²) < 4.78 is 74.1. The summed E-state index contributed by atoms with van der Waals surface area (Å²) in [4.78, 5) is 17.4. The van der Waals surface area contributed by atoms with Crippen molar-refractivity contribution in [3.63, 3.8) is 0 Å². The number of sulfone groups is 1. The van der Waals surface area contributed by atoms with Gasteiger partial charge >= 0.3 is 12.1 Å². The molecule has 0 unspecified atom stereocenters. The molecule has 0 bridgehead atoms. The van der Waals surface area contributed by atoms with Crippen LogP contribution in [-0.2, 0) is 20.8 Å². The van der Waals surface area contributed by atoms with Crippen molar-refractivity contribution in [2.45, 2.75) is 17.8 Å². The van der Waals surface area contributed by atoms with Gasteiger partial charge in [0.2, 0.25) is 21.8 Å². The number of alkyl halides is 3. The zero-order valence-electron chi connectivity index (χ0n) is 13.4. The van der Waals surface area contributed by atoms with Crippen LogP contribution in [-0.4, -0.2) is 42.0 Å². The minimum Gasteiger partial charge on any atom is -0.481 e. The van der Waals surface area contributed by atoms with Crippen LogP contribution in [0.3, 0.4) is 0 Å². The van der Waals surface area contributed by atoms with Gasteiger partial charge in [-0.1, -0.05) is 0 Å².